The molecule has 0 atom stereocenters. The van der Waals surface area contributed by atoms with Crippen LogP contribution in [-0.2, 0) is 6.61 Å². The Morgan fingerprint density at radius 1 is 1.19 bits per heavy atom. The molecule has 0 heterocycles. The van der Waals surface area contributed by atoms with E-state index < -0.39 is 0 Å². The molecule has 0 unspecified atom stereocenters. The summed E-state index contributed by atoms with van der Waals surface area (Å²) in [5.41, 5.74) is 8.28. The molecule has 0 bridgehead atoms. The smallest absolute Gasteiger partial charge is 0.170 e. The lowest BCUT2D eigenvalue weighted by molar-refractivity contribution is 0.296. The largest absolute Gasteiger partial charge is 0.496 e. The Morgan fingerprint density at radius 2 is 1.90 bits per heavy atom. The molecule has 2 aromatic carbocycles. The molecule has 0 saturated heterocycles. The van der Waals surface area contributed by atoms with Crippen molar-refractivity contribution in [1.29, 1.82) is 0 Å². The highest BCUT2D eigenvalue weighted by molar-refractivity contribution is 5.97. The van der Waals surface area contributed by atoms with Crippen molar-refractivity contribution >= 4 is 5.84 Å². The van der Waals surface area contributed by atoms with Crippen molar-refractivity contribution in [3.05, 3.63) is 59.2 Å². The van der Waals surface area contributed by atoms with Gasteiger partial charge in [-0.1, -0.05) is 16.8 Å². The van der Waals surface area contributed by atoms with Crippen LogP contribution in [0.5, 0.6) is 11.5 Å². The highest BCUT2D eigenvalue weighted by Gasteiger charge is 2.05. The Kier molecular flexibility index (Phi) is 4.66. The lowest BCUT2D eigenvalue weighted by Crippen LogP contribution is -2.12. The summed E-state index contributed by atoms with van der Waals surface area (Å²) in [6.45, 7) is 2.43. The van der Waals surface area contributed by atoms with Crippen molar-refractivity contribution in [3.8, 4) is 11.5 Å². The van der Waals surface area contributed by atoms with Gasteiger partial charge in [0, 0.05) is 11.1 Å². The van der Waals surface area contributed by atoms with Crippen LogP contribution in [0.2, 0.25) is 0 Å². The van der Waals surface area contributed by atoms with E-state index in [1.54, 1.807) is 31.4 Å². The number of nitrogens with zero attached hydrogens (tertiary/aromatic N) is 1. The summed E-state index contributed by atoms with van der Waals surface area (Å²) in [6, 6.07) is 13.0. The Labute approximate surface area is 123 Å². The second kappa shape index (κ2) is 6.65. The van der Waals surface area contributed by atoms with Crippen LogP contribution < -0.4 is 15.2 Å². The van der Waals surface area contributed by atoms with Gasteiger partial charge in [-0.15, -0.1) is 0 Å². The third-order valence-electron chi connectivity index (χ3n) is 3.09. The van der Waals surface area contributed by atoms with E-state index in [9.17, 15) is 0 Å². The fraction of sp³-hybridized carbons (Fsp3) is 0.188. The summed E-state index contributed by atoms with van der Waals surface area (Å²) in [5.74, 6) is 1.57. The fourth-order valence-corrected chi connectivity index (χ4v) is 1.96. The number of benzene rings is 2. The van der Waals surface area contributed by atoms with Crippen molar-refractivity contribution in [2.24, 2.45) is 10.9 Å². The molecule has 0 radical (unpaired) electrons. The van der Waals surface area contributed by atoms with Crippen LogP contribution in [0, 0.1) is 6.92 Å². The third-order valence-corrected chi connectivity index (χ3v) is 3.09. The maximum absolute atomic E-state index is 8.61. The van der Waals surface area contributed by atoms with Gasteiger partial charge in [0.15, 0.2) is 5.84 Å². The summed E-state index contributed by atoms with van der Waals surface area (Å²) in [7, 11) is 1.64. The number of rotatable bonds is 5. The van der Waals surface area contributed by atoms with E-state index in [-0.39, 0.29) is 5.84 Å². The van der Waals surface area contributed by atoms with Crippen LogP contribution in [0.4, 0.5) is 0 Å². The number of hydrogen-bond donors (Lipinski definition) is 2. The minimum absolute atomic E-state index is 0.0712. The molecule has 21 heavy (non-hydrogen) atoms. The molecule has 3 N–H and O–H groups in total. The molecule has 0 aliphatic carbocycles. The van der Waals surface area contributed by atoms with Gasteiger partial charge in [-0.2, -0.15) is 0 Å². The maximum atomic E-state index is 8.61. The molecule has 0 fully saturated rings. The van der Waals surface area contributed by atoms with Gasteiger partial charge in [0.1, 0.15) is 18.1 Å². The Balaban J connectivity index is 2.08. The molecular weight excluding hydrogens is 268 g/mol. The van der Waals surface area contributed by atoms with Crippen molar-refractivity contribution in [3.63, 3.8) is 0 Å². The third kappa shape index (κ3) is 3.66. The molecule has 0 saturated carbocycles. The predicted octanol–water partition coefficient (Wildman–Crippen LogP) is 2.68. The number of hydrogen-bond acceptors (Lipinski definition) is 4. The number of aryl methyl sites for hydroxylation is 1. The van der Waals surface area contributed by atoms with E-state index in [2.05, 4.69) is 5.16 Å². The van der Waals surface area contributed by atoms with Crippen LogP contribution >= 0.6 is 0 Å². The van der Waals surface area contributed by atoms with Gasteiger partial charge in [0.25, 0.3) is 0 Å². The van der Waals surface area contributed by atoms with Crippen molar-refractivity contribution in [1.82, 2.24) is 0 Å². The van der Waals surface area contributed by atoms with Gasteiger partial charge in [-0.25, -0.2) is 0 Å². The topological polar surface area (TPSA) is 77.1 Å². The van der Waals surface area contributed by atoms with E-state index in [1.807, 2.05) is 25.1 Å². The minimum Gasteiger partial charge on any atom is -0.496 e. The monoisotopic (exact) mass is 286 g/mol. The van der Waals surface area contributed by atoms with Crippen molar-refractivity contribution < 1.29 is 14.7 Å². The van der Waals surface area contributed by atoms with E-state index >= 15 is 0 Å². The Hall–Kier alpha value is -2.69. The van der Waals surface area contributed by atoms with Crippen LogP contribution in [0.15, 0.2) is 47.6 Å². The zero-order valence-electron chi connectivity index (χ0n) is 12.0. The first kappa shape index (κ1) is 14.7. The SMILES string of the molecule is COc1ccc(C)cc1COc1ccc(C(N)=NO)cc1. The van der Waals surface area contributed by atoms with Gasteiger partial charge in [-0.05, 0) is 43.3 Å². The number of oxime groups is 1. The van der Waals surface area contributed by atoms with Crippen LogP contribution in [0.25, 0.3) is 0 Å². The molecule has 0 amide bonds. The maximum Gasteiger partial charge on any atom is 0.170 e. The number of amidine groups is 1. The van der Waals surface area contributed by atoms with E-state index in [4.69, 9.17) is 20.4 Å². The summed E-state index contributed by atoms with van der Waals surface area (Å²) >= 11 is 0. The van der Waals surface area contributed by atoms with Crippen LogP contribution in [0.3, 0.4) is 0 Å². The summed E-state index contributed by atoms with van der Waals surface area (Å²) < 4.78 is 11.0. The lowest BCUT2D eigenvalue weighted by atomic mass is 10.1. The number of methoxy groups -OCH3 is 1. The standard InChI is InChI=1S/C16H18N2O3/c1-11-3-8-15(20-2)13(9-11)10-21-14-6-4-12(5-7-14)16(17)18-19/h3-9,19H,10H2,1-2H3,(H2,17,18). The van der Waals surface area contributed by atoms with Crippen molar-refractivity contribution in [2.45, 2.75) is 13.5 Å². The van der Waals surface area contributed by atoms with Gasteiger partial charge in [0.2, 0.25) is 0 Å². The normalized spacial score (nSPS) is 11.2. The minimum atomic E-state index is 0.0712. The zero-order chi connectivity index (χ0) is 15.2. The highest BCUT2D eigenvalue weighted by Crippen LogP contribution is 2.22. The summed E-state index contributed by atoms with van der Waals surface area (Å²) in [5, 5.41) is 11.6. The number of ether oxygens (including phenoxy) is 2. The average Bonchev–Trinajstić information content (AvgIpc) is 2.52. The molecule has 0 spiro atoms. The number of nitrogens with two attached hydrogens (primary N) is 1. The zero-order valence-corrected chi connectivity index (χ0v) is 12.0. The molecule has 0 aliphatic rings. The second-order valence-corrected chi connectivity index (χ2v) is 4.61. The quantitative estimate of drug-likeness (QED) is 0.383. The van der Waals surface area contributed by atoms with Gasteiger partial charge in [0.05, 0.1) is 7.11 Å². The Bertz CT molecular complexity index is 636. The molecule has 5 heteroatoms. The van der Waals surface area contributed by atoms with E-state index in [0.717, 1.165) is 16.9 Å². The lowest BCUT2D eigenvalue weighted by Gasteiger charge is -2.11. The molecule has 2 rings (SSSR count). The molecule has 0 aliphatic heterocycles. The molecule has 0 aromatic heterocycles. The van der Waals surface area contributed by atoms with Gasteiger partial charge in [-0.3, -0.25) is 0 Å². The molecular formula is C16H18N2O3. The van der Waals surface area contributed by atoms with Gasteiger partial charge < -0.3 is 20.4 Å². The van der Waals surface area contributed by atoms with E-state index in [1.165, 1.54) is 0 Å². The van der Waals surface area contributed by atoms with Crippen LogP contribution in [-0.4, -0.2) is 18.2 Å². The molecule has 110 valence electrons. The predicted molar refractivity (Wildman–Crippen MR) is 81.0 cm³/mol. The highest BCUT2D eigenvalue weighted by atomic mass is 16.5. The second-order valence-electron chi connectivity index (χ2n) is 4.61. The fourth-order valence-electron chi connectivity index (χ4n) is 1.96. The average molecular weight is 286 g/mol. The van der Waals surface area contributed by atoms with E-state index in [0.29, 0.717) is 17.9 Å². The summed E-state index contributed by atoms with van der Waals surface area (Å²) in [4.78, 5) is 0. The van der Waals surface area contributed by atoms with Crippen molar-refractivity contribution in [2.75, 3.05) is 7.11 Å². The van der Waals surface area contributed by atoms with Crippen LogP contribution in [0.1, 0.15) is 16.7 Å². The molecule has 5 nitrogen and oxygen atoms in total. The summed E-state index contributed by atoms with van der Waals surface area (Å²) in [6.07, 6.45) is 0. The van der Waals surface area contributed by atoms with Gasteiger partial charge >= 0.3 is 0 Å². The first-order valence-electron chi connectivity index (χ1n) is 6.48. The first-order chi connectivity index (χ1) is 10.1. The molecule has 2 aromatic rings. The Morgan fingerprint density at radius 3 is 2.52 bits per heavy atom. The first-order valence-corrected chi connectivity index (χ1v) is 6.48.